The van der Waals surface area contributed by atoms with Crippen molar-refractivity contribution in [1.29, 1.82) is 0 Å². The Labute approximate surface area is 173 Å². The summed E-state index contributed by atoms with van der Waals surface area (Å²) in [6, 6.07) is 8.42. The minimum atomic E-state index is -0.00627. The van der Waals surface area contributed by atoms with Crippen LogP contribution in [0, 0.1) is 5.41 Å². The quantitative estimate of drug-likeness (QED) is 0.455. The number of nitrogens with one attached hydrogen (secondary N) is 2. The maximum atomic E-state index is 9.41. The number of nitrogens with zero attached hydrogens (tertiary/aromatic N) is 2. The third-order valence-electron chi connectivity index (χ3n) is 5.96. The number of rotatable bonds is 8. The molecule has 2 fully saturated rings. The Hall–Kier alpha value is -1.34. The molecule has 2 heterocycles. The first-order valence-electron chi connectivity index (χ1n) is 10.3. The fourth-order valence-corrected chi connectivity index (χ4v) is 4.42. The summed E-state index contributed by atoms with van der Waals surface area (Å²) in [4.78, 5) is 6.91. The van der Waals surface area contributed by atoms with E-state index < -0.39 is 0 Å². The highest BCUT2D eigenvalue weighted by Gasteiger charge is 2.34. The van der Waals surface area contributed by atoms with Crippen LogP contribution in [-0.4, -0.2) is 69.0 Å². The summed E-state index contributed by atoms with van der Waals surface area (Å²) in [6.07, 6.45) is 4.20. The van der Waals surface area contributed by atoms with Gasteiger partial charge in [0, 0.05) is 43.8 Å². The van der Waals surface area contributed by atoms with Gasteiger partial charge in [0.15, 0.2) is 5.96 Å². The Morgan fingerprint density at radius 1 is 1.36 bits per heavy atom. The van der Waals surface area contributed by atoms with Gasteiger partial charge < -0.3 is 20.5 Å². The molecule has 2 unspecified atom stereocenters. The summed E-state index contributed by atoms with van der Waals surface area (Å²) in [7, 11) is 1.80. The smallest absolute Gasteiger partial charge is 0.191 e. The van der Waals surface area contributed by atoms with Gasteiger partial charge in [0.05, 0.1) is 12.6 Å². The molecule has 0 aromatic heterocycles. The van der Waals surface area contributed by atoms with Crippen molar-refractivity contribution in [2.75, 3.05) is 53.0 Å². The number of aliphatic hydroxyl groups is 1. The molecule has 156 valence electrons. The lowest BCUT2D eigenvalue weighted by Crippen LogP contribution is -2.46. The minimum absolute atomic E-state index is 0.00627. The lowest BCUT2D eigenvalue weighted by atomic mass is 9.84. The predicted molar refractivity (Wildman–Crippen MR) is 114 cm³/mol. The highest BCUT2D eigenvalue weighted by molar-refractivity contribution is 6.30. The molecule has 1 aromatic carbocycles. The topological polar surface area (TPSA) is 69.1 Å². The van der Waals surface area contributed by atoms with Crippen LogP contribution in [0.3, 0.4) is 0 Å². The molecule has 6 nitrogen and oxygen atoms in total. The van der Waals surface area contributed by atoms with Crippen LogP contribution in [0.15, 0.2) is 29.3 Å². The lowest BCUT2D eigenvalue weighted by Gasteiger charge is -2.30. The van der Waals surface area contributed by atoms with E-state index in [-0.39, 0.29) is 18.1 Å². The van der Waals surface area contributed by atoms with Crippen LogP contribution in [0.2, 0.25) is 5.02 Å². The number of guanidine groups is 1. The molecule has 3 N–H and O–H groups in total. The van der Waals surface area contributed by atoms with Crippen LogP contribution >= 0.6 is 11.6 Å². The van der Waals surface area contributed by atoms with Crippen molar-refractivity contribution in [1.82, 2.24) is 15.5 Å². The van der Waals surface area contributed by atoms with Crippen molar-refractivity contribution in [2.24, 2.45) is 10.4 Å². The molecule has 0 aliphatic carbocycles. The van der Waals surface area contributed by atoms with Gasteiger partial charge in [0.1, 0.15) is 0 Å². The summed E-state index contributed by atoms with van der Waals surface area (Å²) >= 11 is 6.25. The van der Waals surface area contributed by atoms with Gasteiger partial charge in [-0.3, -0.25) is 9.89 Å². The van der Waals surface area contributed by atoms with E-state index in [1.165, 1.54) is 18.4 Å². The zero-order chi connectivity index (χ0) is 19.8. The fraction of sp³-hybridized carbons (Fsp3) is 0.667. The highest BCUT2D eigenvalue weighted by atomic mass is 35.5. The second-order valence-corrected chi connectivity index (χ2v) is 8.33. The van der Waals surface area contributed by atoms with Gasteiger partial charge in [-0.15, -0.1) is 0 Å². The predicted octanol–water partition coefficient (Wildman–Crippen LogP) is 2.43. The number of aliphatic hydroxyl groups excluding tert-OH is 1. The van der Waals surface area contributed by atoms with Crippen molar-refractivity contribution in [3.63, 3.8) is 0 Å². The van der Waals surface area contributed by atoms with Crippen molar-refractivity contribution >= 4 is 17.6 Å². The van der Waals surface area contributed by atoms with E-state index in [0.717, 1.165) is 56.6 Å². The first-order chi connectivity index (χ1) is 13.7. The number of benzene rings is 1. The van der Waals surface area contributed by atoms with E-state index in [1.54, 1.807) is 7.05 Å². The third kappa shape index (κ3) is 5.60. The number of likely N-dealkylation sites (tertiary alicyclic amines) is 1. The summed E-state index contributed by atoms with van der Waals surface area (Å²) in [5.41, 5.74) is 1.23. The second kappa shape index (κ2) is 10.4. The van der Waals surface area contributed by atoms with Crippen LogP contribution in [-0.2, 0) is 4.74 Å². The van der Waals surface area contributed by atoms with Gasteiger partial charge in [-0.2, -0.15) is 0 Å². The van der Waals surface area contributed by atoms with Crippen LogP contribution in [0.4, 0.5) is 0 Å². The fourth-order valence-electron chi connectivity index (χ4n) is 4.22. The number of halogens is 1. The molecule has 3 rings (SSSR count). The zero-order valence-corrected chi connectivity index (χ0v) is 17.5. The first-order valence-corrected chi connectivity index (χ1v) is 10.7. The number of hydrogen-bond donors (Lipinski definition) is 3. The lowest BCUT2D eigenvalue weighted by molar-refractivity contribution is 0.127. The Kier molecular flexibility index (Phi) is 7.97. The summed E-state index contributed by atoms with van der Waals surface area (Å²) in [5.74, 6) is 0.787. The van der Waals surface area contributed by atoms with Crippen LogP contribution < -0.4 is 10.6 Å². The molecule has 1 aromatic rings. The summed E-state index contributed by atoms with van der Waals surface area (Å²) in [6.45, 7) is 5.38. The molecule has 2 saturated heterocycles. The Bertz CT molecular complexity index is 643. The SMILES string of the molecule is CN=C(NCC(c1cccc(Cl)c1)N1CCCC1)NCC1(CCO)CCOC1. The van der Waals surface area contributed by atoms with Crippen molar-refractivity contribution in [3.8, 4) is 0 Å². The maximum absolute atomic E-state index is 9.41. The molecule has 0 radical (unpaired) electrons. The van der Waals surface area contributed by atoms with Gasteiger partial charge >= 0.3 is 0 Å². The molecule has 0 amide bonds. The summed E-state index contributed by atoms with van der Waals surface area (Å²) in [5, 5.41) is 17.1. The molecule has 28 heavy (non-hydrogen) atoms. The zero-order valence-electron chi connectivity index (χ0n) is 16.8. The third-order valence-corrected chi connectivity index (χ3v) is 6.19. The minimum Gasteiger partial charge on any atom is -0.396 e. The maximum Gasteiger partial charge on any atom is 0.191 e. The summed E-state index contributed by atoms with van der Waals surface area (Å²) < 4.78 is 5.58. The van der Waals surface area contributed by atoms with E-state index in [4.69, 9.17) is 16.3 Å². The van der Waals surface area contributed by atoms with E-state index in [9.17, 15) is 5.11 Å². The standard InChI is InChI=1S/C21H33ClN4O2/c1-23-20(25-15-21(7-11-27)8-12-28-16-21)24-14-19(26-9-2-3-10-26)17-5-4-6-18(22)13-17/h4-6,13,19,27H,2-3,7-12,14-16H2,1H3,(H2,23,24,25). The average molecular weight is 409 g/mol. The molecule has 2 aliphatic heterocycles. The average Bonchev–Trinajstić information content (AvgIpc) is 3.38. The van der Waals surface area contributed by atoms with Crippen LogP contribution in [0.5, 0.6) is 0 Å². The van der Waals surface area contributed by atoms with Crippen molar-refractivity contribution in [3.05, 3.63) is 34.9 Å². The molecule has 0 bridgehead atoms. The van der Waals surface area contributed by atoms with E-state index >= 15 is 0 Å². The van der Waals surface area contributed by atoms with Crippen LogP contribution in [0.25, 0.3) is 0 Å². The van der Waals surface area contributed by atoms with Crippen LogP contribution in [0.1, 0.15) is 37.3 Å². The monoisotopic (exact) mass is 408 g/mol. The molecule has 2 aliphatic rings. The molecule has 7 heteroatoms. The first kappa shape index (κ1) is 21.4. The van der Waals surface area contributed by atoms with E-state index in [1.807, 2.05) is 12.1 Å². The molecule has 0 saturated carbocycles. The number of ether oxygens (including phenoxy) is 1. The van der Waals surface area contributed by atoms with Gasteiger partial charge in [-0.25, -0.2) is 0 Å². The highest BCUT2D eigenvalue weighted by Crippen LogP contribution is 2.31. The van der Waals surface area contributed by atoms with Gasteiger partial charge in [0.25, 0.3) is 0 Å². The van der Waals surface area contributed by atoms with Gasteiger partial charge in [-0.1, -0.05) is 23.7 Å². The van der Waals surface area contributed by atoms with Gasteiger partial charge in [0.2, 0.25) is 0 Å². The number of aliphatic imine (C=N–C) groups is 1. The number of hydrogen-bond acceptors (Lipinski definition) is 4. The molecular formula is C21H33ClN4O2. The Morgan fingerprint density at radius 3 is 2.82 bits per heavy atom. The second-order valence-electron chi connectivity index (χ2n) is 7.90. The van der Waals surface area contributed by atoms with E-state index in [0.29, 0.717) is 6.61 Å². The molecule has 2 atom stereocenters. The van der Waals surface area contributed by atoms with Crippen molar-refractivity contribution < 1.29 is 9.84 Å². The van der Waals surface area contributed by atoms with Crippen molar-refractivity contribution in [2.45, 2.75) is 31.7 Å². The Balaban J connectivity index is 1.61. The molecular weight excluding hydrogens is 376 g/mol. The normalized spacial score (nSPS) is 24.5. The van der Waals surface area contributed by atoms with Gasteiger partial charge in [-0.05, 0) is 56.5 Å². The van der Waals surface area contributed by atoms with E-state index in [2.05, 4.69) is 32.7 Å². The molecule has 0 spiro atoms. The largest absolute Gasteiger partial charge is 0.396 e. The Morgan fingerprint density at radius 2 is 2.18 bits per heavy atom.